The van der Waals surface area contributed by atoms with E-state index in [9.17, 15) is 4.79 Å². The largest absolute Gasteiger partial charge is 0.460 e. The molecule has 0 aromatic carbocycles. The highest BCUT2D eigenvalue weighted by Gasteiger charge is 2.30. The maximum absolute atomic E-state index is 11.5. The number of H-pyrrole nitrogens is 1. The molecule has 17 heavy (non-hydrogen) atoms. The van der Waals surface area contributed by atoms with Gasteiger partial charge in [-0.25, -0.2) is 0 Å². The third-order valence-corrected chi connectivity index (χ3v) is 2.78. The summed E-state index contributed by atoms with van der Waals surface area (Å²) in [7, 11) is 0. The Morgan fingerprint density at radius 2 is 2.35 bits per heavy atom. The van der Waals surface area contributed by atoms with Crippen LogP contribution in [0.15, 0.2) is 22.6 Å². The number of hydrogen-bond donors (Lipinski definition) is 2. The Kier molecular flexibility index (Phi) is 2.24. The van der Waals surface area contributed by atoms with Gasteiger partial charge < -0.3 is 9.73 Å². The fraction of sp³-hybridized carbons (Fsp3) is 0.333. The van der Waals surface area contributed by atoms with Crippen molar-refractivity contribution in [3.05, 3.63) is 24.0 Å². The van der Waals surface area contributed by atoms with E-state index in [1.807, 2.05) is 19.1 Å². The van der Waals surface area contributed by atoms with Gasteiger partial charge in [0.15, 0.2) is 11.6 Å². The molecule has 0 saturated heterocycles. The zero-order valence-electron chi connectivity index (χ0n) is 9.49. The van der Waals surface area contributed by atoms with E-state index in [0.29, 0.717) is 5.82 Å². The number of rotatable bonds is 3. The number of aromatic amines is 1. The van der Waals surface area contributed by atoms with Crippen LogP contribution in [0.2, 0.25) is 0 Å². The Labute approximate surface area is 98.2 Å². The number of anilines is 1. The normalized spacial score (nSPS) is 14.9. The van der Waals surface area contributed by atoms with Crippen LogP contribution in [0.1, 0.15) is 18.6 Å². The lowest BCUT2D eigenvalue weighted by atomic mass is 10.3. The number of aromatic nitrogens is 2. The zero-order chi connectivity index (χ0) is 11.8. The van der Waals surface area contributed by atoms with Gasteiger partial charge in [-0.05, 0) is 31.9 Å². The van der Waals surface area contributed by atoms with Gasteiger partial charge in [0.05, 0.1) is 0 Å². The summed E-state index contributed by atoms with van der Waals surface area (Å²) in [6, 6.07) is 5.53. The van der Waals surface area contributed by atoms with Crippen LogP contribution < -0.4 is 5.32 Å². The van der Waals surface area contributed by atoms with Crippen LogP contribution in [0.25, 0.3) is 11.5 Å². The number of furan rings is 1. The zero-order valence-corrected chi connectivity index (χ0v) is 9.49. The summed E-state index contributed by atoms with van der Waals surface area (Å²) in [6.07, 6.45) is 1.97. The standard InChI is InChI=1S/C12H13N3O2/c1-7-2-5-10(17-7)9-6-11(15-14-9)13-12(16)8-3-4-8/h2,5-6,8H,3-4H2,1H3,(H2,13,14,15,16). The first-order valence-electron chi connectivity index (χ1n) is 5.65. The van der Waals surface area contributed by atoms with Gasteiger partial charge in [0.1, 0.15) is 11.5 Å². The molecule has 2 aromatic heterocycles. The van der Waals surface area contributed by atoms with Crippen molar-refractivity contribution in [1.82, 2.24) is 10.2 Å². The van der Waals surface area contributed by atoms with E-state index < -0.39 is 0 Å². The quantitative estimate of drug-likeness (QED) is 0.851. The molecule has 2 aromatic rings. The number of hydrogen-bond acceptors (Lipinski definition) is 3. The average molecular weight is 231 g/mol. The van der Waals surface area contributed by atoms with Crippen LogP contribution in [0.4, 0.5) is 5.82 Å². The van der Waals surface area contributed by atoms with E-state index in [4.69, 9.17) is 4.42 Å². The Bertz CT molecular complexity index is 552. The lowest BCUT2D eigenvalue weighted by molar-refractivity contribution is -0.117. The van der Waals surface area contributed by atoms with Crippen molar-refractivity contribution in [2.75, 3.05) is 5.32 Å². The lowest BCUT2D eigenvalue weighted by Crippen LogP contribution is -2.13. The summed E-state index contributed by atoms with van der Waals surface area (Å²) >= 11 is 0. The minimum absolute atomic E-state index is 0.0543. The van der Waals surface area contributed by atoms with Crippen LogP contribution in [0.3, 0.4) is 0 Å². The maximum Gasteiger partial charge on any atom is 0.228 e. The molecule has 2 N–H and O–H groups in total. The molecule has 5 heteroatoms. The van der Waals surface area contributed by atoms with Crippen molar-refractivity contribution >= 4 is 11.7 Å². The van der Waals surface area contributed by atoms with Gasteiger partial charge in [-0.1, -0.05) is 0 Å². The predicted octanol–water partition coefficient (Wildman–Crippen LogP) is 2.33. The first-order chi connectivity index (χ1) is 8.22. The fourth-order valence-corrected chi connectivity index (χ4v) is 1.67. The number of amides is 1. The molecule has 1 fully saturated rings. The molecule has 1 aliphatic carbocycles. The number of nitrogens with zero attached hydrogens (tertiary/aromatic N) is 1. The Balaban J connectivity index is 1.75. The van der Waals surface area contributed by atoms with Gasteiger partial charge in [-0.2, -0.15) is 5.10 Å². The topological polar surface area (TPSA) is 70.9 Å². The van der Waals surface area contributed by atoms with Gasteiger partial charge in [0, 0.05) is 12.0 Å². The molecule has 3 rings (SSSR count). The molecule has 0 atom stereocenters. The van der Waals surface area contributed by atoms with Crippen molar-refractivity contribution in [3.63, 3.8) is 0 Å². The molecule has 1 aliphatic rings. The van der Waals surface area contributed by atoms with Crippen LogP contribution in [0.5, 0.6) is 0 Å². The van der Waals surface area contributed by atoms with E-state index in [2.05, 4.69) is 15.5 Å². The highest BCUT2D eigenvalue weighted by atomic mass is 16.3. The summed E-state index contributed by atoms with van der Waals surface area (Å²) in [4.78, 5) is 11.5. The summed E-state index contributed by atoms with van der Waals surface area (Å²) in [5.41, 5.74) is 0.768. The van der Waals surface area contributed by atoms with E-state index in [1.54, 1.807) is 6.07 Å². The monoisotopic (exact) mass is 231 g/mol. The first-order valence-corrected chi connectivity index (χ1v) is 5.65. The summed E-state index contributed by atoms with van der Waals surface area (Å²) in [6.45, 7) is 1.88. The Hall–Kier alpha value is -2.04. The Morgan fingerprint density at radius 3 is 3.00 bits per heavy atom. The third kappa shape index (κ3) is 2.08. The summed E-state index contributed by atoms with van der Waals surface area (Å²) < 4.78 is 5.46. The van der Waals surface area contributed by atoms with Gasteiger partial charge in [-0.15, -0.1) is 0 Å². The van der Waals surface area contributed by atoms with Crippen LogP contribution in [-0.2, 0) is 4.79 Å². The SMILES string of the molecule is Cc1ccc(-c2cc(NC(=O)C3CC3)n[nH]2)o1. The van der Waals surface area contributed by atoms with Gasteiger partial charge >= 0.3 is 0 Å². The molecular formula is C12H13N3O2. The van der Waals surface area contributed by atoms with E-state index in [1.165, 1.54) is 0 Å². The molecule has 0 radical (unpaired) electrons. The highest BCUT2D eigenvalue weighted by Crippen LogP contribution is 2.30. The Morgan fingerprint density at radius 1 is 1.53 bits per heavy atom. The van der Waals surface area contributed by atoms with Gasteiger partial charge in [0.25, 0.3) is 0 Å². The second kappa shape index (κ2) is 3.76. The molecule has 0 spiro atoms. The molecule has 5 nitrogen and oxygen atoms in total. The molecular weight excluding hydrogens is 218 g/mol. The maximum atomic E-state index is 11.5. The minimum Gasteiger partial charge on any atom is -0.460 e. The van der Waals surface area contributed by atoms with Crippen LogP contribution in [-0.4, -0.2) is 16.1 Å². The fourth-order valence-electron chi connectivity index (χ4n) is 1.67. The number of aryl methyl sites for hydroxylation is 1. The molecule has 2 heterocycles. The van der Waals surface area contributed by atoms with Crippen molar-refractivity contribution in [2.24, 2.45) is 5.92 Å². The van der Waals surface area contributed by atoms with Crippen molar-refractivity contribution in [3.8, 4) is 11.5 Å². The number of carbonyl (C=O) groups excluding carboxylic acids is 1. The van der Waals surface area contributed by atoms with Crippen LogP contribution in [0, 0.1) is 12.8 Å². The highest BCUT2D eigenvalue weighted by molar-refractivity contribution is 5.93. The third-order valence-electron chi connectivity index (χ3n) is 2.78. The van der Waals surface area contributed by atoms with Crippen molar-refractivity contribution in [2.45, 2.75) is 19.8 Å². The number of carbonyl (C=O) groups is 1. The average Bonchev–Trinajstić information content (AvgIpc) is 2.92. The second-order valence-electron chi connectivity index (χ2n) is 4.34. The van der Waals surface area contributed by atoms with Crippen molar-refractivity contribution in [1.29, 1.82) is 0 Å². The van der Waals surface area contributed by atoms with Crippen LogP contribution >= 0.6 is 0 Å². The van der Waals surface area contributed by atoms with E-state index >= 15 is 0 Å². The predicted molar refractivity (Wildman–Crippen MR) is 62.4 cm³/mol. The minimum atomic E-state index is 0.0543. The molecule has 88 valence electrons. The smallest absolute Gasteiger partial charge is 0.228 e. The molecule has 0 unspecified atom stereocenters. The first kappa shape index (κ1) is 10.1. The summed E-state index contributed by atoms with van der Waals surface area (Å²) in [5, 5.41) is 9.65. The van der Waals surface area contributed by atoms with Crippen molar-refractivity contribution < 1.29 is 9.21 Å². The number of nitrogens with one attached hydrogen (secondary N) is 2. The van der Waals surface area contributed by atoms with E-state index in [0.717, 1.165) is 30.1 Å². The second-order valence-corrected chi connectivity index (χ2v) is 4.34. The summed E-state index contributed by atoms with van der Waals surface area (Å²) in [5.74, 6) is 2.35. The molecule has 1 amide bonds. The molecule has 0 aliphatic heterocycles. The van der Waals surface area contributed by atoms with Gasteiger partial charge in [0.2, 0.25) is 5.91 Å². The van der Waals surface area contributed by atoms with Gasteiger partial charge in [-0.3, -0.25) is 9.89 Å². The molecule has 1 saturated carbocycles. The van der Waals surface area contributed by atoms with E-state index in [-0.39, 0.29) is 11.8 Å². The molecule has 0 bridgehead atoms. The lowest BCUT2D eigenvalue weighted by Gasteiger charge is -1.97.